The molecule has 2 aromatic rings. The number of carbonyl (C=O) groups is 2. The van der Waals surface area contributed by atoms with Crippen molar-refractivity contribution in [2.75, 3.05) is 32.6 Å². The summed E-state index contributed by atoms with van der Waals surface area (Å²) in [5, 5.41) is 12.1. The Kier molecular flexibility index (Phi) is 6.24. The van der Waals surface area contributed by atoms with E-state index in [0.29, 0.717) is 0 Å². The van der Waals surface area contributed by atoms with Crippen molar-refractivity contribution in [2.45, 2.75) is 50.9 Å². The Balaban J connectivity index is 2.11. The Hall–Kier alpha value is -3.06. The molecule has 0 aromatic heterocycles. The first-order valence-corrected chi connectivity index (χ1v) is 10.9. The van der Waals surface area contributed by atoms with Crippen LogP contribution in [0, 0.1) is 0 Å². The minimum atomic E-state index is -1.48. The van der Waals surface area contributed by atoms with E-state index >= 15 is 0 Å². The van der Waals surface area contributed by atoms with Crippen LogP contribution in [0.1, 0.15) is 45.2 Å². The average molecular weight is 455 g/mol. The maximum atomic E-state index is 13.0. The van der Waals surface area contributed by atoms with Gasteiger partial charge in [-0.05, 0) is 67.8 Å². The lowest BCUT2D eigenvalue weighted by atomic mass is 9.85. The third-order valence-corrected chi connectivity index (χ3v) is 6.32. The summed E-state index contributed by atoms with van der Waals surface area (Å²) in [6, 6.07) is 10.1. The third kappa shape index (κ3) is 4.42. The quantitative estimate of drug-likeness (QED) is 0.694. The summed E-state index contributed by atoms with van der Waals surface area (Å²) in [5.41, 5.74) is -0.358. The number of benzene rings is 2. The standard InChI is InChI=1S/C26H34N2O5/c1-9-17-12-19-13-20(11-10-18(19)14-21(17)27(6)7)26(32-8)15-25(5,22(29)30)28(16-26)23(31)33-24(2,3)4/h9-14H,1,15-16H2,2-8H3,(H,29,30)/t25-,26-/m0/s1. The van der Waals surface area contributed by atoms with Crippen molar-refractivity contribution in [1.82, 2.24) is 4.90 Å². The topological polar surface area (TPSA) is 79.3 Å². The number of nitrogens with zero attached hydrogens (tertiary/aromatic N) is 2. The van der Waals surface area contributed by atoms with Crippen LogP contribution in [-0.2, 0) is 19.9 Å². The van der Waals surface area contributed by atoms with Gasteiger partial charge in [-0.1, -0.05) is 24.8 Å². The van der Waals surface area contributed by atoms with Crippen LogP contribution in [0.4, 0.5) is 10.5 Å². The van der Waals surface area contributed by atoms with Crippen molar-refractivity contribution >= 4 is 34.6 Å². The fraction of sp³-hybridized carbons (Fsp3) is 0.462. The Labute approximate surface area is 195 Å². The molecule has 178 valence electrons. The van der Waals surface area contributed by atoms with Crippen LogP contribution in [0.25, 0.3) is 16.8 Å². The molecule has 1 saturated heterocycles. The molecule has 0 saturated carbocycles. The normalized spacial score (nSPS) is 22.9. The van der Waals surface area contributed by atoms with Gasteiger partial charge in [0.15, 0.2) is 0 Å². The van der Waals surface area contributed by atoms with Gasteiger partial charge in [-0.25, -0.2) is 9.59 Å². The molecule has 1 aliphatic heterocycles. The number of amides is 1. The molecular weight excluding hydrogens is 420 g/mol. The van der Waals surface area contributed by atoms with Crippen molar-refractivity contribution < 1.29 is 24.2 Å². The van der Waals surface area contributed by atoms with Crippen molar-refractivity contribution in [3.63, 3.8) is 0 Å². The second-order valence-corrected chi connectivity index (χ2v) is 10.1. The Morgan fingerprint density at radius 2 is 1.85 bits per heavy atom. The summed E-state index contributed by atoms with van der Waals surface area (Å²) in [6.45, 7) is 10.8. The zero-order valence-electron chi connectivity index (χ0n) is 20.6. The monoisotopic (exact) mass is 454 g/mol. The number of carboxylic acids is 1. The fourth-order valence-corrected chi connectivity index (χ4v) is 4.50. The highest BCUT2D eigenvalue weighted by molar-refractivity contribution is 5.91. The molecule has 1 aliphatic rings. The van der Waals surface area contributed by atoms with Crippen LogP contribution in [0.3, 0.4) is 0 Å². The number of ether oxygens (including phenoxy) is 2. The lowest BCUT2D eigenvalue weighted by Crippen LogP contribution is -2.52. The van der Waals surface area contributed by atoms with E-state index in [0.717, 1.165) is 27.6 Å². The lowest BCUT2D eigenvalue weighted by molar-refractivity contribution is -0.148. The van der Waals surface area contributed by atoms with Gasteiger partial charge in [-0.3, -0.25) is 4.90 Å². The first-order valence-electron chi connectivity index (χ1n) is 10.9. The van der Waals surface area contributed by atoms with Crippen LogP contribution >= 0.6 is 0 Å². The van der Waals surface area contributed by atoms with Gasteiger partial charge >= 0.3 is 12.1 Å². The molecule has 0 bridgehead atoms. The second kappa shape index (κ2) is 8.37. The highest BCUT2D eigenvalue weighted by atomic mass is 16.6. The molecule has 1 heterocycles. The molecule has 2 aromatic carbocycles. The molecule has 33 heavy (non-hydrogen) atoms. The molecule has 7 heteroatoms. The SMILES string of the molecule is C=Cc1cc2cc([C@@]3(OC)CN(C(=O)OC(C)(C)C)[C@](C)(C(=O)O)C3)ccc2cc1N(C)C. The minimum absolute atomic E-state index is 0.0663. The molecule has 2 atom stereocenters. The molecule has 3 rings (SSSR count). The van der Waals surface area contributed by atoms with Crippen molar-refractivity contribution in [3.8, 4) is 0 Å². The highest BCUT2D eigenvalue weighted by Gasteiger charge is 2.59. The van der Waals surface area contributed by atoms with Gasteiger partial charge in [-0.15, -0.1) is 0 Å². The first-order chi connectivity index (χ1) is 15.3. The summed E-state index contributed by atoms with van der Waals surface area (Å²) < 4.78 is 11.5. The number of carboxylic acid groups (broad SMARTS) is 1. The predicted molar refractivity (Wildman–Crippen MR) is 131 cm³/mol. The van der Waals surface area contributed by atoms with E-state index in [-0.39, 0.29) is 13.0 Å². The summed E-state index contributed by atoms with van der Waals surface area (Å²) >= 11 is 0. The van der Waals surface area contributed by atoms with Crippen LogP contribution in [0.15, 0.2) is 36.9 Å². The summed E-state index contributed by atoms with van der Waals surface area (Å²) in [4.78, 5) is 28.6. The number of aliphatic carboxylic acids is 1. The van der Waals surface area contributed by atoms with E-state index < -0.39 is 28.8 Å². The maximum Gasteiger partial charge on any atom is 0.411 e. The molecule has 1 amide bonds. The number of carbonyl (C=O) groups excluding carboxylic acids is 1. The highest BCUT2D eigenvalue weighted by Crippen LogP contribution is 2.46. The molecule has 0 radical (unpaired) electrons. The Bertz CT molecular complexity index is 1100. The molecular formula is C26H34N2O5. The lowest BCUT2D eigenvalue weighted by Gasteiger charge is -2.32. The first kappa shape index (κ1) is 24.6. The van der Waals surface area contributed by atoms with Crippen molar-refractivity contribution in [1.29, 1.82) is 0 Å². The zero-order chi connectivity index (χ0) is 24.8. The Morgan fingerprint density at radius 1 is 1.18 bits per heavy atom. The zero-order valence-corrected chi connectivity index (χ0v) is 20.6. The largest absolute Gasteiger partial charge is 0.480 e. The van der Waals surface area contributed by atoms with Crippen LogP contribution in [0.5, 0.6) is 0 Å². The number of anilines is 1. The summed E-state index contributed by atoms with van der Waals surface area (Å²) in [6.07, 6.45) is 1.24. The second-order valence-electron chi connectivity index (χ2n) is 10.1. The van der Waals surface area contributed by atoms with Crippen LogP contribution < -0.4 is 4.90 Å². The number of fused-ring (bicyclic) bond motifs is 1. The maximum absolute atomic E-state index is 13.0. The van der Waals surface area contributed by atoms with Gasteiger partial charge < -0.3 is 19.5 Å². The minimum Gasteiger partial charge on any atom is -0.480 e. The van der Waals surface area contributed by atoms with E-state index in [1.807, 2.05) is 43.3 Å². The predicted octanol–water partition coefficient (Wildman–Crippen LogP) is 4.87. The molecule has 1 N–H and O–H groups in total. The summed E-state index contributed by atoms with van der Waals surface area (Å²) in [7, 11) is 5.52. The van der Waals surface area contributed by atoms with Gasteiger partial charge in [0, 0.05) is 33.3 Å². The number of hydrogen-bond acceptors (Lipinski definition) is 5. The smallest absolute Gasteiger partial charge is 0.411 e. The van der Waals surface area contributed by atoms with Gasteiger partial charge in [0.1, 0.15) is 16.7 Å². The fourth-order valence-electron chi connectivity index (χ4n) is 4.50. The van der Waals surface area contributed by atoms with Crippen LogP contribution in [0.2, 0.25) is 0 Å². The number of hydrogen-bond donors (Lipinski definition) is 1. The third-order valence-electron chi connectivity index (χ3n) is 6.32. The number of rotatable bonds is 5. The number of likely N-dealkylation sites (tertiary alicyclic amines) is 1. The van der Waals surface area contributed by atoms with Crippen molar-refractivity contribution in [3.05, 3.63) is 48.0 Å². The van der Waals surface area contributed by atoms with E-state index in [1.54, 1.807) is 34.8 Å². The van der Waals surface area contributed by atoms with E-state index in [1.165, 1.54) is 4.90 Å². The Morgan fingerprint density at radius 3 is 2.36 bits per heavy atom. The molecule has 0 unspecified atom stereocenters. The van der Waals surface area contributed by atoms with Gasteiger partial charge in [0.25, 0.3) is 0 Å². The van der Waals surface area contributed by atoms with E-state index in [9.17, 15) is 14.7 Å². The average Bonchev–Trinajstić information content (AvgIpc) is 3.06. The molecule has 7 nitrogen and oxygen atoms in total. The molecule has 0 aliphatic carbocycles. The van der Waals surface area contributed by atoms with Gasteiger partial charge in [-0.2, -0.15) is 0 Å². The molecule has 0 spiro atoms. The van der Waals surface area contributed by atoms with Crippen molar-refractivity contribution in [2.24, 2.45) is 0 Å². The molecule has 1 fully saturated rings. The van der Waals surface area contributed by atoms with Crippen LogP contribution in [-0.4, -0.2) is 61.0 Å². The summed E-state index contributed by atoms with van der Waals surface area (Å²) in [5.74, 6) is -1.10. The van der Waals surface area contributed by atoms with Gasteiger partial charge in [0.2, 0.25) is 0 Å². The number of methoxy groups -OCH3 is 1. The van der Waals surface area contributed by atoms with E-state index in [2.05, 4.69) is 18.7 Å². The van der Waals surface area contributed by atoms with E-state index in [4.69, 9.17) is 9.47 Å². The van der Waals surface area contributed by atoms with Gasteiger partial charge in [0.05, 0.1) is 6.54 Å².